The van der Waals surface area contributed by atoms with Gasteiger partial charge in [-0.15, -0.1) is 0 Å². The van der Waals surface area contributed by atoms with Gasteiger partial charge in [-0.2, -0.15) is 4.98 Å². The molecule has 6 heterocycles. The smallest absolute Gasteiger partial charge is 0.251 e. The van der Waals surface area contributed by atoms with Gasteiger partial charge in [-0.25, -0.2) is 9.97 Å². The molecule has 2 aromatic heterocycles. The number of carbonyl (C=O) groups excluding carboxylic acids is 1. The zero-order valence-electron chi connectivity index (χ0n) is 21.0. The van der Waals surface area contributed by atoms with Crippen LogP contribution < -0.4 is 15.1 Å². The number of benzene rings is 1. The van der Waals surface area contributed by atoms with Crippen LogP contribution in [0.2, 0.25) is 0 Å². The topological polar surface area (TPSA) is 92.7 Å². The number of fused-ring (bicyclic) bond motifs is 4. The van der Waals surface area contributed by atoms with E-state index in [1.54, 1.807) is 7.05 Å². The van der Waals surface area contributed by atoms with Gasteiger partial charge in [0, 0.05) is 44.0 Å². The highest BCUT2D eigenvalue weighted by atomic mass is 16.5. The molecular formula is C27H32N6O3. The Morgan fingerprint density at radius 3 is 2.61 bits per heavy atom. The summed E-state index contributed by atoms with van der Waals surface area (Å²) in [4.78, 5) is 31.7. The maximum Gasteiger partial charge on any atom is 0.251 e. The summed E-state index contributed by atoms with van der Waals surface area (Å²) in [5.41, 5.74) is 3.95. The molecular weight excluding hydrogens is 456 g/mol. The van der Waals surface area contributed by atoms with E-state index in [0.29, 0.717) is 23.2 Å². The fourth-order valence-corrected chi connectivity index (χ4v) is 5.67. The SMILES string of the molecule is CNC(=O)c1cccc(-c2cc(N3C[C@@H](C)O[C@@H](C)C3)c3cnc(N4CC5CCC4CO5)nc3n2)c1. The van der Waals surface area contributed by atoms with Gasteiger partial charge < -0.3 is 24.6 Å². The number of ether oxygens (including phenoxy) is 2. The number of nitrogens with one attached hydrogen (secondary N) is 1. The number of nitrogens with zero attached hydrogens (tertiary/aromatic N) is 5. The maximum absolute atomic E-state index is 12.3. The van der Waals surface area contributed by atoms with Crippen molar-refractivity contribution in [2.75, 3.05) is 43.1 Å². The van der Waals surface area contributed by atoms with E-state index < -0.39 is 0 Å². The number of hydrogen-bond acceptors (Lipinski definition) is 8. The lowest BCUT2D eigenvalue weighted by Gasteiger charge is -2.45. The molecule has 2 unspecified atom stereocenters. The Bertz CT molecular complexity index is 1280. The molecule has 1 N–H and O–H groups in total. The molecule has 36 heavy (non-hydrogen) atoms. The van der Waals surface area contributed by atoms with E-state index in [0.717, 1.165) is 61.4 Å². The van der Waals surface area contributed by atoms with Crippen molar-refractivity contribution in [2.45, 2.75) is 51.0 Å². The molecule has 0 aliphatic carbocycles. The normalized spacial score (nSPS) is 25.9. The molecule has 9 heteroatoms. The number of piperidine rings is 1. The summed E-state index contributed by atoms with van der Waals surface area (Å²) in [6.45, 7) is 7.28. The molecule has 1 amide bonds. The molecule has 2 bridgehead atoms. The molecule has 4 fully saturated rings. The molecule has 4 aliphatic rings. The standard InChI is InChI=1S/C27H32N6O3/c1-16-12-32(13-17(2)36-16)24-10-23(18-5-4-6-19(9-18)26(34)28-3)30-25-22(24)11-29-27(31-25)33-14-21-8-7-20(33)15-35-21/h4-6,9-11,16-17,20-21H,7-8,12-15H2,1-3H3,(H,28,34)/t16-,17+,20?,21?. The number of anilines is 2. The Balaban J connectivity index is 1.47. The van der Waals surface area contributed by atoms with Crippen molar-refractivity contribution in [2.24, 2.45) is 0 Å². The highest BCUT2D eigenvalue weighted by Crippen LogP contribution is 2.34. The Kier molecular flexibility index (Phi) is 5.97. The second-order valence-electron chi connectivity index (χ2n) is 10.1. The Hall–Kier alpha value is -3.30. The minimum atomic E-state index is -0.124. The fourth-order valence-electron chi connectivity index (χ4n) is 5.67. The number of amides is 1. The molecule has 188 valence electrons. The van der Waals surface area contributed by atoms with E-state index in [9.17, 15) is 4.79 Å². The van der Waals surface area contributed by atoms with Crippen molar-refractivity contribution in [3.63, 3.8) is 0 Å². The predicted octanol–water partition coefficient (Wildman–Crippen LogP) is 3.03. The van der Waals surface area contributed by atoms with Crippen LogP contribution in [0.15, 0.2) is 36.5 Å². The van der Waals surface area contributed by atoms with Crippen LogP contribution in [-0.4, -0.2) is 78.5 Å². The lowest BCUT2D eigenvalue weighted by Crippen LogP contribution is -2.55. The third-order valence-corrected chi connectivity index (χ3v) is 7.38. The van der Waals surface area contributed by atoms with Crippen LogP contribution in [0.25, 0.3) is 22.3 Å². The van der Waals surface area contributed by atoms with Crippen molar-refractivity contribution >= 4 is 28.6 Å². The molecule has 4 saturated heterocycles. The first kappa shape index (κ1) is 23.1. The number of carbonyl (C=O) groups is 1. The molecule has 1 aromatic carbocycles. The van der Waals surface area contributed by atoms with Crippen LogP contribution in [0.3, 0.4) is 0 Å². The number of morpholine rings is 2. The van der Waals surface area contributed by atoms with Crippen molar-refractivity contribution in [1.82, 2.24) is 20.3 Å². The molecule has 3 aromatic rings. The molecule has 4 aliphatic heterocycles. The Morgan fingerprint density at radius 2 is 1.92 bits per heavy atom. The van der Waals surface area contributed by atoms with Gasteiger partial charge in [0.2, 0.25) is 5.95 Å². The number of rotatable bonds is 4. The van der Waals surface area contributed by atoms with Crippen molar-refractivity contribution in [3.8, 4) is 11.3 Å². The Morgan fingerprint density at radius 1 is 1.08 bits per heavy atom. The van der Waals surface area contributed by atoms with E-state index in [1.165, 1.54) is 0 Å². The van der Waals surface area contributed by atoms with Gasteiger partial charge in [-0.1, -0.05) is 12.1 Å². The zero-order valence-corrected chi connectivity index (χ0v) is 21.0. The van der Waals surface area contributed by atoms with Gasteiger partial charge >= 0.3 is 0 Å². The Labute approximate surface area is 210 Å². The van der Waals surface area contributed by atoms with Crippen LogP contribution in [0.1, 0.15) is 37.0 Å². The molecule has 0 radical (unpaired) electrons. The first-order chi connectivity index (χ1) is 17.5. The highest BCUT2D eigenvalue weighted by Gasteiger charge is 2.36. The summed E-state index contributed by atoms with van der Waals surface area (Å²) >= 11 is 0. The van der Waals surface area contributed by atoms with Gasteiger partial charge in [-0.3, -0.25) is 4.79 Å². The number of hydrogen-bond donors (Lipinski definition) is 1. The quantitative estimate of drug-likeness (QED) is 0.599. The van der Waals surface area contributed by atoms with Crippen LogP contribution in [0.5, 0.6) is 0 Å². The number of pyridine rings is 1. The molecule has 4 atom stereocenters. The largest absolute Gasteiger partial charge is 0.374 e. The molecule has 0 saturated carbocycles. The van der Waals surface area contributed by atoms with Crippen molar-refractivity contribution in [1.29, 1.82) is 0 Å². The molecule has 9 nitrogen and oxygen atoms in total. The van der Waals surface area contributed by atoms with Gasteiger partial charge in [0.25, 0.3) is 5.91 Å². The summed E-state index contributed by atoms with van der Waals surface area (Å²) in [6, 6.07) is 9.96. The van der Waals surface area contributed by atoms with E-state index in [-0.39, 0.29) is 24.2 Å². The summed E-state index contributed by atoms with van der Waals surface area (Å²) in [5, 5.41) is 3.62. The summed E-state index contributed by atoms with van der Waals surface area (Å²) in [7, 11) is 1.64. The predicted molar refractivity (Wildman–Crippen MR) is 138 cm³/mol. The zero-order chi connectivity index (χ0) is 24.8. The highest BCUT2D eigenvalue weighted by molar-refractivity contribution is 5.96. The lowest BCUT2D eigenvalue weighted by molar-refractivity contribution is -0.0232. The minimum absolute atomic E-state index is 0.112. The number of aromatic nitrogens is 3. The average molecular weight is 489 g/mol. The average Bonchev–Trinajstić information content (AvgIpc) is 2.91. The lowest BCUT2D eigenvalue weighted by atomic mass is 9.97. The summed E-state index contributed by atoms with van der Waals surface area (Å²) in [5.74, 6) is 0.583. The van der Waals surface area contributed by atoms with Crippen molar-refractivity contribution in [3.05, 3.63) is 42.1 Å². The van der Waals surface area contributed by atoms with Crippen LogP contribution >= 0.6 is 0 Å². The molecule has 7 rings (SSSR count). The van der Waals surface area contributed by atoms with Gasteiger partial charge in [-0.05, 0) is 44.9 Å². The summed E-state index contributed by atoms with van der Waals surface area (Å²) < 4.78 is 11.9. The van der Waals surface area contributed by atoms with Crippen LogP contribution in [0, 0.1) is 0 Å². The molecule has 0 spiro atoms. The van der Waals surface area contributed by atoms with Crippen molar-refractivity contribution < 1.29 is 14.3 Å². The third-order valence-electron chi connectivity index (χ3n) is 7.38. The minimum Gasteiger partial charge on any atom is -0.374 e. The van der Waals surface area contributed by atoms with E-state index in [2.05, 4.69) is 35.0 Å². The van der Waals surface area contributed by atoms with E-state index >= 15 is 0 Å². The van der Waals surface area contributed by atoms with Gasteiger partial charge in [0.05, 0.1) is 47.7 Å². The van der Waals surface area contributed by atoms with Gasteiger partial charge in [0.15, 0.2) is 5.65 Å². The summed E-state index contributed by atoms with van der Waals surface area (Å²) in [6.07, 6.45) is 4.57. The monoisotopic (exact) mass is 488 g/mol. The van der Waals surface area contributed by atoms with Gasteiger partial charge in [0.1, 0.15) is 0 Å². The van der Waals surface area contributed by atoms with Crippen LogP contribution in [-0.2, 0) is 9.47 Å². The van der Waals surface area contributed by atoms with E-state index in [4.69, 9.17) is 24.4 Å². The second kappa shape index (κ2) is 9.29. The second-order valence-corrected chi connectivity index (χ2v) is 10.1. The third kappa shape index (κ3) is 4.26. The maximum atomic E-state index is 12.3. The fraction of sp³-hybridized carbons (Fsp3) is 0.481. The van der Waals surface area contributed by atoms with E-state index in [1.807, 2.05) is 30.5 Å². The van der Waals surface area contributed by atoms with Crippen LogP contribution in [0.4, 0.5) is 11.6 Å². The first-order valence-electron chi connectivity index (χ1n) is 12.8. The first-order valence-corrected chi connectivity index (χ1v) is 12.8.